The van der Waals surface area contributed by atoms with E-state index in [1.165, 1.54) is 29.2 Å². The summed E-state index contributed by atoms with van der Waals surface area (Å²) in [7, 11) is 0. The summed E-state index contributed by atoms with van der Waals surface area (Å²) < 4.78 is 0. The molecular formula is C34H45N7O9. The van der Waals surface area contributed by atoms with E-state index in [9.17, 15) is 43.8 Å². The van der Waals surface area contributed by atoms with Gasteiger partial charge in [0.15, 0.2) is 0 Å². The maximum Gasteiger partial charge on any atom is 0.326 e. The van der Waals surface area contributed by atoms with Crippen molar-refractivity contribution in [1.82, 2.24) is 26.2 Å². The lowest BCUT2D eigenvalue weighted by molar-refractivity contribution is -0.142. The van der Waals surface area contributed by atoms with E-state index in [-0.39, 0.29) is 25.1 Å². The van der Waals surface area contributed by atoms with Crippen LogP contribution < -0.4 is 32.7 Å². The van der Waals surface area contributed by atoms with Crippen LogP contribution in [0.3, 0.4) is 0 Å². The fourth-order valence-corrected chi connectivity index (χ4v) is 5.58. The molecule has 270 valence electrons. The maximum absolute atomic E-state index is 13.8. The summed E-state index contributed by atoms with van der Waals surface area (Å²) in [5, 5.41) is 29.6. The minimum absolute atomic E-state index is 0.0443. The molecule has 1 saturated heterocycles. The fourth-order valence-electron chi connectivity index (χ4n) is 5.58. The molecule has 0 spiro atoms. The first-order valence-corrected chi connectivity index (χ1v) is 16.2. The van der Waals surface area contributed by atoms with E-state index in [1.54, 1.807) is 44.2 Å². The van der Waals surface area contributed by atoms with Crippen molar-refractivity contribution in [3.8, 4) is 5.75 Å². The lowest BCUT2D eigenvalue weighted by Gasteiger charge is -2.29. The largest absolute Gasteiger partial charge is 0.508 e. The molecule has 50 heavy (non-hydrogen) atoms. The molecule has 0 saturated carbocycles. The molecule has 0 bridgehead atoms. The molecule has 2 aromatic carbocycles. The average molecular weight is 696 g/mol. The fraction of sp³-hybridized carbons (Fsp3) is 0.441. The molecule has 6 amide bonds. The first-order valence-electron chi connectivity index (χ1n) is 16.2. The monoisotopic (exact) mass is 695 g/mol. The Morgan fingerprint density at radius 2 is 1.36 bits per heavy atom. The smallest absolute Gasteiger partial charge is 0.326 e. The second-order valence-corrected chi connectivity index (χ2v) is 12.4. The molecule has 1 fully saturated rings. The molecule has 1 heterocycles. The number of nitrogens with one attached hydrogen (secondary N) is 4. The molecule has 10 N–H and O–H groups in total. The van der Waals surface area contributed by atoms with Crippen molar-refractivity contribution in [3.05, 3.63) is 65.7 Å². The van der Waals surface area contributed by atoms with Crippen LogP contribution >= 0.6 is 0 Å². The summed E-state index contributed by atoms with van der Waals surface area (Å²) in [5.41, 5.74) is 12.0. The van der Waals surface area contributed by atoms with Crippen LogP contribution in [0.4, 0.5) is 0 Å². The second kappa shape index (κ2) is 18.3. The summed E-state index contributed by atoms with van der Waals surface area (Å²) in [4.78, 5) is 91.6. The van der Waals surface area contributed by atoms with Crippen LogP contribution in [0, 0.1) is 5.92 Å². The molecule has 2 aromatic rings. The molecule has 1 aliphatic heterocycles. The summed E-state index contributed by atoms with van der Waals surface area (Å²) in [6.45, 7) is 3.43. The van der Waals surface area contributed by atoms with Crippen LogP contribution in [0.2, 0.25) is 0 Å². The number of hydrogen-bond acceptors (Lipinski definition) is 9. The van der Waals surface area contributed by atoms with Gasteiger partial charge in [-0.1, -0.05) is 56.3 Å². The molecular weight excluding hydrogens is 650 g/mol. The molecule has 0 aliphatic carbocycles. The van der Waals surface area contributed by atoms with Crippen LogP contribution in [-0.2, 0) is 46.4 Å². The first-order chi connectivity index (χ1) is 23.7. The summed E-state index contributed by atoms with van der Waals surface area (Å²) >= 11 is 0. The van der Waals surface area contributed by atoms with Gasteiger partial charge in [-0.3, -0.25) is 28.8 Å². The number of aromatic hydroxyl groups is 1. The number of carboxylic acid groups (broad SMARTS) is 1. The third-order valence-corrected chi connectivity index (χ3v) is 8.24. The Balaban J connectivity index is 1.83. The minimum atomic E-state index is -1.61. The minimum Gasteiger partial charge on any atom is -0.508 e. The van der Waals surface area contributed by atoms with Crippen LogP contribution in [0.25, 0.3) is 0 Å². The van der Waals surface area contributed by atoms with Crippen molar-refractivity contribution in [2.75, 3.05) is 13.1 Å². The molecule has 16 nitrogen and oxygen atoms in total. The van der Waals surface area contributed by atoms with E-state index in [4.69, 9.17) is 11.5 Å². The summed E-state index contributed by atoms with van der Waals surface area (Å²) in [6, 6.07) is 7.94. The number of rotatable bonds is 17. The van der Waals surface area contributed by atoms with Crippen molar-refractivity contribution in [3.63, 3.8) is 0 Å². The van der Waals surface area contributed by atoms with E-state index in [0.29, 0.717) is 30.5 Å². The topological polar surface area (TPSA) is 263 Å². The molecule has 16 heteroatoms. The Hall–Kier alpha value is -5.51. The highest BCUT2D eigenvalue weighted by Crippen LogP contribution is 2.18. The molecule has 5 atom stereocenters. The van der Waals surface area contributed by atoms with Gasteiger partial charge in [0.1, 0.15) is 36.0 Å². The van der Waals surface area contributed by atoms with E-state index >= 15 is 0 Å². The number of carbonyl (C=O) groups excluding carboxylic acids is 6. The van der Waals surface area contributed by atoms with Gasteiger partial charge in [0.05, 0.1) is 13.0 Å². The number of phenols is 1. The number of carbonyl (C=O) groups is 7. The summed E-state index contributed by atoms with van der Waals surface area (Å²) in [6.07, 6.45) is 0.0535. The highest BCUT2D eigenvalue weighted by molar-refractivity contribution is 5.97. The van der Waals surface area contributed by atoms with E-state index in [0.717, 1.165) is 0 Å². The predicted octanol–water partition coefficient (Wildman–Crippen LogP) is -1.32. The van der Waals surface area contributed by atoms with Gasteiger partial charge in [-0.25, -0.2) is 4.79 Å². The number of nitrogens with zero attached hydrogens (tertiary/aromatic N) is 1. The number of amides is 6. The Labute approximate surface area is 289 Å². The van der Waals surface area contributed by atoms with Gasteiger partial charge in [0.2, 0.25) is 35.4 Å². The normalized spacial score (nSPS) is 16.4. The van der Waals surface area contributed by atoms with Crippen LogP contribution in [0.1, 0.15) is 44.2 Å². The van der Waals surface area contributed by atoms with Gasteiger partial charge in [-0.05, 0) is 42.0 Å². The highest BCUT2D eigenvalue weighted by atomic mass is 16.4. The van der Waals surface area contributed by atoms with Crippen molar-refractivity contribution >= 4 is 41.4 Å². The lowest BCUT2D eigenvalue weighted by atomic mass is 10.00. The standard InChI is InChI=1S/C34H45N7O9/c1-19(2)29(40-32(47)26-9-6-14-41(26)28(44)18-35)33(48)38-23(15-21-10-12-22(42)13-11-21)30(45)37-24(17-27(36)43)31(46)39-25(34(49)50)16-20-7-4-3-5-8-20/h3-5,7-8,10-13,19,23-26,29,42H,6,9,14-18,35H2,1-2H3,(H2,36,43)(H,37,45)(H,38,48)(H,39,46)(H,40,47)(H,49,50). The zero-order valence-electron chi connectivity index (χ0n) is 28.0. The zero-order valence-corrected chi connectivity index (χ0v) is 28.0. The van der Waals surface area contributed by atoms with Crippen LogP contribution in [0.15, 0.2) is 54.6 Å². The lowest BCUT2D eigenvalue weighted by Crippen LogP contribution is -2.60. The Morgan fingerprint density at radius 1 is 0.800 bits per heavy atom. The van der Waals surface area contributed by atoms with Gasteiger partial charge in [0.25, 0.3) is 0 Å². The SMILES string of the molecule is CC(C)C(NC(=O)C1CCCN1C(=O)CN)C(=O)NC(Cc1ccc(O)cc1)C(=O)NC(CC(N)=O)C(=O)NC(Cc1ccccc1)C(=O)O. The van der Waals surface area contributed by atoms with Crippen molar-refractivity contribution in [2.24, 2.45) is 17.4 Å². The highest BCUT2D eigenvalue weighted by Gasteiger charge is 2.37. The molecule has 0 radical (unpaired) electrons. The number of hydrogen-bond donors (Lipinski definition) is 8. The van der Waals surface area contributed by atoms with E-state index in [2.05, 4.69) is 21.3 Å². The molecule has 3 rings (SSSR count). The van der Waals surface area contributed by atoms with Crippen LogP contribution in [-0.4, -0.2) is 99.8 Å². The van der Waals surface area contributed by atoms with Gasteiger partial charge in [-0.15, -0.1) is 0 Å². The maximum atomic E-state index is 13.8. The average Bonchev–Trinajstić information content (AvgIpc) is 3.57. The van der Waals surface area contributed by atoms with Crippen LogP contribution in [0.5, 0.6) is 5.75 Å². The Bertz CT molecular complexity index is 1540. The third-order valence-electron chi connectivity index (χ3n) is 8.24. The van der Waals surface area contributed by atoms with Gasteiger partial charge in [-0.2, -0.15) is 0 Å². The zero-order chi connectivity index (χ0) is 37.0. The first kappa shape index (κ1) is 38.9. The molecule has 0 aromatic heterocycles. The quantitative estimate of drug-likeness (QED) is 0.0968. The number of benzene rings is 2. The van der Waals surface area contributed by atoms with Crippen molar-refractivity contribution in [2.45, 2.75) is 76.2 Å². The Kier molecular flexibility index (Phi) is 14.3. The van der Waals surface area contributed by atoms with Gasteiger partial charge in [0, 0.05) is 19.4 Å². The Morgan fingerprint density at radius 3 is 1.94 bits per heavy atom. The van der Waals surface area contributed by atoms with E-state index < -0.39 is 84.0 Å². The third kappa shape index (κ3) is 11.3. The summed E-state index contributed by atoms with van der Waals surface area (Å²) in [5.74, 6) is -6.42. The number of primary amides is 1. The van der Waals surface area contributed by atoms with Crippen molar-refractivity contribution in [1.29, 1.82) is 0 Å². The molecule has 1 aliphatic rings. The van der Waals surface area contributed by atoms with Gasteiger partial charge >= 0.3 is 5.97 Å². The molecule has 5 unspecified atom stereocenters. The van der Waals surface area contributed by atoms with Gasteiger partial charge < -0.3 is 47.8 Å². The number of carboxylic acids is 1. The predicted molar refractivity (Wildman–Crippen MR) is 180 cm³/mol. The van der Waals surface area contributed by atoms with Crippen molar-refractivity contribution < 1.29 is 43.8 Å². The number of aliphatic carboxylic acids is 1. The second-order valence-electron chi connectivity index (χ2n) is 12.4. The number of phenolic OH excluding ortho intramolecular Hbond substituents is 1. The number of nitrogens with two attached hydrogens (primary N) is 2. The number of likely N-dealkylation sites (tertiary alicyclic amines) is 1. The van der Waals surface area contributed by atoms with E-state index in [1.807, 2.05) is 0 Å².